The number of benzene rings is 2. The van der Waals surface area contributed by atoms with E-state index in [0.29, 0.717) is 30.0 Å². The number of nitrogens with one attached hydrogen (secondary N) is 1. The first-order valence-electron chi connectivity index (χ1n) is 7.64. The Labute approximate surface area is 139 Å². The van der Waals surface area contributed by atoms with E-state index in [1.54, 1.807) is 18.2 Å². The highest BCUT2D eigenvalue weighted by molar-refractivity contribution is 6.00. The molecular formula is C18H19FN2O3. The summed E-state index contributed by atoms with van der Waals surface area (Å²) in [5.74, 6) is 0.0976. The third-order valence-corrected chi connectivity index (χ3v) is 3.97. The number of halogens is 1. The second-order valence-corrected chi connectivity index (χ2v) is 6.01. The molecule has 3 N–H and O–H groups in total. The molecule has 3 rings (SSSR count). The predicted molar refractivity (Wildman–Crippen MR) is 89.0 cm³/mol. The third kappa shape index (κ3) is 3.33. The van der Waals surface area contributed by atoms with Gasteiger partial charge in [0, 0.05) is 11.8 Å². The number of ether oxygens (including phenoxy) is 2. The number of hydrogen-bond donors (Lipinski definition) is 2. The summed E-state index contributed by atoms with van der Waals surface area (Å²) in [4.78, 5) is 11.9. The van der Waals surface area contributed by atoms with E-state index in [0.717, 1.165) is 5.56 Å². The maximum atomic E-state index is 14.3. The molecule has 1 aliphatic rings. The van der Waals surface area contributed by atoms with Crippen LogP contribution in [0, 0.1) is 12.7 Å². The van der Waals surface area contributed by atoms with Crippen LogP contribution in [0.2, 0.25) is 0 Å². The van der Waals surface area contributed by atoms with E-state index in [2.05, 4.69) is 5.32 Å². The summed E-state index contributed by atoms with van der Waals surface area (Å²) in [5, 5.41) is 2.62. The Bertz CT molecular complexity index is 788. The number of amides is 1. The summed E-state index contributed by atoms with van der Waals surface area (Å²) in [6.45, 7) is 1.93. The molecule has 1 aliphatic carbocycles. The summed E-state index contributed by atoms with van der Waals surface area (Å²) in [6, 6.07) is 9.61. The highest BCUT2D eigenvalue weighted by atomic mass is 19.1. The minimum Gasteiger partial charge on any atom is -0.493 e. The molecule has 0 aliphatic heterocycles. The normalized spacial score (nSPS) is 14.8. The van der Waals surface area contributed by atoms with E-state index in [4.69, 9.17) is 15.2 Å². The third-order valence-electron chi connectivity index (χ3n) is 3.97. The largest absolute Gasteiger partial charge is 0.493 e. The predicted octanol–water partition coefficient (Wildman–Crippen LogP) is 3.36. The number of carbonyl (C=O) groups is 1. The standard InChI is InChI=1S/C18H19FN2O3/c1-11-3-5-15(16(9-11)23-2)24-14-6-4-12(10-13(14)19)21-17(22)18(20)7-8-18/h3-6,9-10H,7-8,20H2,1-2H3,(H,21,22). The van der Waals surface area contributed by atoms with Crippen LogP contribution in [0.15, 0.2) is 36.4 Å². The van der Waals surface area contributed by atoms with Gasteiger partial charge in [0.2, 0.25) is 5.91 Å². The lowest BCUT2D eigenvalue weighted by Crippen LogP contribution is -2.37. The zero-order valence-electron chi connectivity index (χ0n) is 13.6. The molecule has 1 fully saturated rings. The molecule has 0 atom stereocenters. The second-order valence-electron chi connectivity index (χ2n) is 6.01. The van der Waals surface area contributed by atoms with Gasteiger partial charge in [0.25, 0.3) is 0 Å². The van der Waals surface area contributed by atoms with Gasteiger partial charge in [-0.3, -0.25) is 4.79 Å². The van der Waals surface area contributed by atoms with Gasteiger partial charge in [-0.05, 0) is 49.6 Å². The topological polar surface area (TPSA) is 73.6 Å². The molecule has 0 radical (unpaired) electrons. The summed E-state index contributed by atoms with van der Waals surface area (Å²) in [7, 11) is 1.52. The quantitative estimate of drug-likeness (QED) is 0.881. The highest BCUT2D eigenvalue weighted by Crippen LogP contribution is 2.35. The molecule has 126 valence electrons. The molecule has 5 nitrogen and oxygen atoms in total. The number of rotatable bonds is 5. The van der Waals surface area contributed by atoms with Crippen LogP contribution < -0.4 is 20.5 Å². The Morgan fingerprint density at radius 1 is 1.17 bits per heavy atom. The molecular weight excluding hydrogens is 311 g/mol. The number of anilines is 1. The maximum absolute atomic E-state index is 14.3. The zero-order chi connectivity index (χ0) is 17.3. The van der Waals surface area contributed by atoms with Gasteiger partial charge in [-0.25, -0.2) is 4.39 Å². The van der Waals surface area contributed by atoms with Gasteiger partial charge in [-0.2, -0.15) is 0 Å². The molecule has 0 spiro atoms. The first-order chi connectivity index (χ1) is 11.4. The smallest absolute Gasteiger partial charge is 0.244 e. The molecule has 24 heavy (non-hydrogen) atoms. The molecule has 0 aromatic heterocycles. The van der Waals surface area contributed by atoms with E-state index < -0.39 is 11.4 Å². The molecule has 2 aromatic carbocycles. The van der Waals surface area contributed by atoms with Crippen LogP contribution in [0.4, 0.5) is 10.1 Å². The number of aryl methyl sites for hydroxylation is 1. The monoisotopic (exact) mass is 330 g/mol. The maximum Gasteiger partial charge on any atom is 0.244 e. The summed E-state index contributed by atoms with van der Waals surface area (Å²) >= 11 is 0. The van der Waals surface area contributed by atoms with Crippen LogP contribution in [0.5, 0.6) is 17.2 Å². The SMILES string of the molecule is COc1cc(C)ccc1Oc1ccc(NC(=O)C2(N)CC2)cc1F. The zero-order valence-corrected chi connectivity index (χ0v) is 13.6. The van der Waals surface area contributed by atoms with Crippen molar-refractivity contribution in [1.29, 1.82) is 0 Å². The van der Waals surface area contributed by atoms with Crippen molar-refractivity contribution in [2.75, 3.05) is 12.4 Å². The van der Waals surface area contributed by atoms with Crippen molar-refractivity contribution >= 4 is 11.6 Å². The van der Waals surface area contributed by atoms with Gasteiger partial charge < -0.3 is 20.5 Å². The molecule has 0 bridgehead atoms. The van der Waals surface area contributed by atoms with Gasteiger partial charge in [0.15, 0.2) is 23.1 Å². The highest BCUT2D eigenvalue weighted by Gasteiger charge is 2.45. The molecule has 1 amide bonds. The van der Waals surface area contributed by atoms with Crippen LogP contribution >= 0.6 is 0 Å². The Balaban J connectivity index is 1.77. The lowest BCUT2D eigenvalue weighted by atomic mass is 10.2. The first-order valence-corrected chi connectivity index (χ1v) is 7.64. The average Bonchev–Trinajstić information content (AvgIpc) is 3.30. The molecule has 0 saturated heterocycles. The van der Waals surface area contributed by atoms with E-state index in [1.165, 1.54) is 19.2 Å². The number of carbonyl (C=O) groups excluding carboxylic acids is 1. The first kappa shape index (κ1) is 16.3. The average molecular weight is 330 g/mol. The van der Waals surface area contributed by atoms with E-state index in [1.807, 2.05) is 13.0 Å². The van der Waals surface area contributed by atoms with Crippen LogP contribution in [-0.4, -0.2) is 18.6 Å². The number of hydrogen-bond acceptors (Lipinski definition) is 4. The van der Waals surface area contributed by atoms with Crippen molar-refractivity contribution < 1.29 is 18.7 Å². The van der Waals surface area contributed by atoms with Crippen molar-refractivity contribution in [2.45, 2.75) is 25.3 Å². The van der Waals surface area contributed by atoms with Gasteiger partial charge in [-0.1, -0.05) is 6.07 Å². The van der Waals surface area contributed by atoms with Crippen molar-refractivity contribution in [2.24, 2.45) is 5.73 Å². The lowest BCUT2D eigenvalue weighted by molar-refractivity contribution is -0.118. The fraction of sp³-hybridized carbons (Fsp3) is 0.278. The van der Waals surface area contributed by atoms with Gasteiger partial charge in [0.1, 0.15) is 0 Å². The van der Waals surface area contributed by atoms with Gasteiger partial charge in [-0.15, -0.1) is 0 Å². The summed E-state index contributed by atoms with van der Waals surface area (Å²) in [6.07, 6.45) is 1.30. The van der Waals surface area contributed by atoms with Gasteiger partial charge in [0.05, 0.1) is 12.6 Å². The van der Waals surface area contributed by atoms with Crippen LogP contribution in [0.1, 0.15) is 18.4 Å². The fourth-order valence-electron chi connectivity index (χ4n) is 2.26. The number of nitrogens with two attached hydrogens (primary N) is 1. The van der Waals surface area contributed by atoms with Crippen LogP contribution in [0.25, 0.3) is 0 Å². The van der Waals surface area contributed by atoms with Crippen LogP contribution in [0.3, 0.4) is 0 Å². The summed E-state index contributed by atoms with van der Waals surface area (Å²) in [5.41, 5.74) is 6.36. The fourth-order valence-corrected chi connectivity index (χ4v) is 2.26. The molecule has 0 unspecified atom stereocenters. The number of methoxy groups -OCH3 is 1. The van der Waals surface area contributed by atoms with Crippen LogP contribution in [-0.2, 0) is 4.79 Å². The van der Waals surface area contributed by atoms with E-state index in [-0.39, 0.29) is 11.7 Å². The lowest BCUT2D eigenvalue weighted by Gasteiger charge is -2.13. The Morgan fingerprint density at radius 2 is 1.88 bits per heavy atom. The Morgan fingerprint density at radius 3 is 2.50 bits per heavy atom. The molecule has 6 heteroatoms. The van der Waals surface area contributed by atoms with E-state index >= 15 is 0 Å². The van der Waals surface area contributed by atoms with Crippen molar-refractivity contribution in [3.63, 3.8) is 0 Å². The van der Waals surface area contributed by atoms with E-state index in [9.17, 15) is 9.18 Å². The summed E-state index contributed by atoms with van der Waals surface area (Å²) < 4.78 is 25.1. The molecule has 0 heterocycles. The molecule has 1 saturated carbocycles. The Hall–Kier alpha value is -2.60. The van der Waals surface area contributed by atoms with Crippen molar-refractivity contribution in [3.8, 4) is 17.2 Å². The van der Waals surface area contributed by atoms with Crippen molar-refractivity contribution in [1.82, 2.24) is 0 Å². The minimum atomic E-state index is -0.805. The molecule has 2 aromatic rings. The minimum absolute atomic E-state index is 0.0454. The Kier molecular flexibility index (Phi) is 4.15. The van der Waals surface area contributed by atoms with Crippen molar-refractivity contribution in [3.05, 3.63) is 47.8 Å². The second kappa shape index (κ2) is 6.13. The van der Waals surface area contributed by atoms with Gasteiger partial charge >= 0.3 is 0 Å².